The van der Waals surface area contributed by atoms with Gasteiger partial charge in [0, 0.05) is 24.2 Å². The van der Waals surface area contributed by atoms with Crippen LogP contribution in [0.25, 0.3) is 10.6 Å². The van der Waals surface area contributed by atoms with E-state index < -0.39 is 4.92 Å². The molecule has 2 aromatic rings. The summed E-state index contributed by atoms with van der Waals surface area (Å²) in [5, 5.41) is 24.0. The fourth-order valence-corrected chi connectivity index (χ4v) is 2.71. The summed E-state index contributed by atoms with van der Waals surface area (Å²) in [5.74, 6) is 0. The highest BCUT2D eigenvalue weighted by Gasteiger charge is 2.12. The van der Waals surface area contributed by atoms with Gasteiger partial charge in [-0.15, -0.1) is 10.2 Å². The van der Waals surface area contributed by atoms with Crippen LogP contribution in [0.1, 0.15) is 23.9 Å². The van der Waals surface area contributed by atoms with Crippen molar-refractivity contribution in [2.45, 2.75) is 26.8 Å². The van der Waals surface area contributed by atoms with Crippen LogP contribution in [-0.2, 0) is 6.54 Å². The number of rotatable bonds is 6. The number of nitro groups is 1. The summed E-state index contributed by atoms with van der Waals surface area (Å²) in [6.45, 7) is 5.61. The summed E-state index contributed by atoms with van der Waals surface area (Å²) in [6, 6.07) is 4.79. The van der Waals surface area contributed by atoms with E-state index >= 15 is 0 Å². The van der Waals surface area contributed by atoms with Gasteiger partial charge in [0.1, 0.15) is 10.0 Å². The molecule has 0 saturated heterocycles. The number of non-ortho nitro benzene ring substituents is 1. The maximum atomic E-state index is 10.7. The maximum Gasteiger partial charge on any atom is 0.269 e. The third kappa shape index (κ3) is 3.37. The van der Waals surface area contributed by atoms with Crippen LogP contribution in [-0.4, -0.2) is 21.7 Å². The summed E-state index contributed by atoms with van der Waals surface area (Å²) < 4.78 is 0. The van der Waals surface area contributed by atoms with Crippen molar-refractivity contribution in [2.24, 2.45) is 0 Å². The number of benzene rings is 1. The summed E-state index contributed by atoms with van der Waals surface area (Å²) in [7, 11) is 0. The fourth-order valence-electron chi connectivity index (χ4n) is 1.81. The Hall–Kier alpha value is -1.86. The molecule has 7 heteroatoms. The summed E-state index contributed by atoms with van der Waals surface area (Å²) >= 11 is 1.51. The second-order valence-electron chi connectivity index (χ2n) is 4.43. The second-order valence-corrected chi connectivity index (χ2v) is 5.50. The lowest BCUT2D eigenvalue weighted by atomic mass is 10.1. The monoisotopic (exact) mass is 292 g/mol. The molecule has 0 saturated carbocycles. The van der Waals surface area contributed by atoms with Gasteiger partial charge in [-0.1, -0.05) is 18.3 Å². The van der Waals surface area contributed by atoms with Crippen molar-refractivity contribution < 1.29 is 4.92 Å². The van der Waals surface area contributed by atoms with Crippen molar-refractivity contribution in [3.8, 4) is 10.6 Å². The minimum absolute atomic E-state index is 0.0978. The quantitative estimate of drug-likeness (QED) is 0.503. The predicted molar refractivity (Wildman–Crippen MR) is 78.7 cm³/mol. The zero-order valence-corrected chi connectivity index (χ0v) is 12.2. The molecule has 0 atom stereocenters. The number of hydrogen-bond acceptors (Lipinski definition) is 6. The van der Waals surface area contributed by atoms with Gasteiger partial charge >= 0.3 is 0 Å². The highest BCUT2D eigenvalue weighted by molar-refractivity contribution is 7.14. The third-order valence-electron chi connectivity index (χ3n) is 2.82. The van der Waals surface area contributed by atoms with Crippen molar-refractivity contribution in [1.82, 2.24) is 15.5 Å². The van der Waals surface area contributed by atoms with E-state index in [9.17, 15) is 10.1 Å². The van der Waals surface area contributed by atoms with Gasteiger partial charge in [0.2, 0.25) is 0 Å². The largest absolute Gasteiger partial charge is 0.310 e. The van der Waals surface area contributed by atoms with Gasteiger partial charge in [0.25, 0.3) is 5.69 Å². The number of hydrogen-bond donors (Lipinski definition) is 1. The molecular formula is C13H16N4O2S. The Kier molecular flexibility index (Phi) is 4.75. The van der Waals surface area contributed by atoms with Crippen molar-refractivity contribution in [3.05, 3.63) is 38.9 Å². The van der Waals surface area contributed by atoms with E-state index in [0.717, 1.165) is 34.1 Å². The smallest absolute Gasteiger partial charge is 0.269 e. The van der Waals surface area contributed by atoms with Gasteiger partial charge in [-0.25, -0.2) is 0 Å². The number of nitrogens with one attached hydrogen (secondary N) is 1. The lowest BCUT2D eigenvalue weighted by Gasteiger charge is -2.01. The van der Waals surface area contributed by atoms with Gasteiger partial charge in [0.15, 0.2) is 0 Å². The predicted octanol–water partition coefficient (Wildman–Crippen LogP) is 2.92. The van der Waals surface area contributed by atoms with Gasteiger partial charge in [-0.05, 0) is 31.5 Å². The summed E-state index contributed by atoms with van der Waals surface area (Å²) in [4.78, 5) is 10.3. The summed E-state index contributed by atoms with van der Waals surface area (Å²) in [5.41, 5.74) is 1.83. The normalized spacial score (nSPS) is 10.7. The van der Waals surface area contributed by atoms with E-state index in [2.05, 4.69) is 22.4 Å². The van der Waals surface area contributed by atoms with Gasteiger partial charge in [-0.3, -0.25) is 10.1 Å². The molecule has 1 aromatic heterocycles. The van der Waals surface area contributed by atoms with Crippen molar-refractivity contribution in [1.29, 1.82) is 0 Å². The van der Waals surface area contributed by atoms with Gasteiger partial charge in [-0.2, -0.15) is 0 Å². The van der Waals surface area contributed by atoms with Crippen molar-refractivity contribution in [2.75, 3.05) is 6.54 Å². The third-order valence-corrected chi connectivity index (χ3v) is 3.78. The molecule has 0 radical (unpaired) electrons. The van der Waals surface area contributed by atoms with Crippen LogP contribution >= 0.6 is 11.3 Å². The molecule has 1 aromatic carbocycles. The maximum absolute atomic E-state index is 10.7. The molecule has 106 valence electrons. The number of nitrogens with zero attached hydrogens (tertiary/aromatic N) is 3. The van der Waals surface area contributed by atoms with Gasteiger partial charge < -0.3 is 5.32 Å². The Labute approximate surface area is 121 Å². The molecule has 2 rings (SSSR count). The molecule has 0 bridgehead atoms. The van der Waals surface area contributed by atoms with Crippen LogP contribution < -0.4 is 5.32 Å². The van der Waals surface area contributed by atoms with E-state index in [0.29, 0.717) is 6.54 Å². The van der Waals surface area contributed by atoms with Crippen LogP contribution in [0.2, 0.25) is 0 Å². The Bertz CT molecular complexity index is 612. The van der Waals surface area contributed by atoms with Crippen LogP contribution in [0, 0.1) is 17.0 Å². The molecule has 0 aliphatic rings. The van der Waals surface area contributed by atoms with E-state index in [1.807, 2.05) is 6.92 Å². The summed E-state index contributed by atoms with van der Waals surface area (Å²) in [6.07, 6.45) is 1.08. The molecule has 20 heavy (non-hydrogen) atoms. The minimum atomic E-state index is -0.392. The van der Waals surface area contributed by atoms with E-state index in [1.54, 1.807) is 12.1 Å². The van der Waals surface area contributed by atoms with Gasteiger partial charge in [0.05, 0.1) is 4.92 Å². The Morgan fingerprint density at radius 3 is 2.85 bits per heavy atom. The molecule has 1 heterocycles. The number of nitro benzene ring substituents is 1. The molecule has 1 N–H and O–H groups in total. The SMILES string of the molecule is CCCNCc1nnc(-c2ccc([N+](=O)[O-])cc2C)s1. The standard InChI is InChI=1S/C13H16N4O2S/c1-3-6-14-8-12-15-16-13(20-12)11-5-4-10(17(18)19)7-9(11)2/h4-5,7,14H,3,6,8H2,1-2H3. The first-order valence-electron chi connectivity index (χ1n) is 6.40. The van der Waals surface area contributed by atoms with Crippen LogP contribution in [0.5, 0.6) is 0 Å². The zero-order valence-electron chi connectivity index (χ0n) is 11.4. The highest BCUT2D eigenvalue weighted by Crippen LogP contribution is 2.29. The highest BCUT2D eigenvalue weighted by atomic mass is 32.1. The molecule has 0 aliphatic heterocycles. The average Bonchev–Trinajstić information content (AvgIpc) is 2.87. The van der Waals surface area contributed by atoms with E-state index in [4.69, 9.17) is 0 Å². The van der Waals surface area contributed by atoms with Crippen LogP contribution in [0.15, 0.2) is 18.2 Å². The first kappa shape index (κ1) is 14.5. The van der Waals surface area contributed by atoms with E-state index in [1.165, 1.54) is 17.4 Å². The number of aromatic nitrogens is 2. The zero-order chi connectivity index (χ0) is 14.5. The second kappa shape index (κ2) is 6.53. The first-order valence-corrected chi connectivity index (χ1v) is 7.22. The number of aryl methyl sites for hydroxylation is 1. The average molecular weight is 292 g/mol. The molecule has 0 unspecified atom stereocenters. The Morgan fingerprint density at radius 2 is 2.20 bits per heavy atom. The molecular weight excluding hydrogens is 276 g/mol. The molecule has 0 spiro atoms. The fraction of sp³-hybridized carbons (Fsp3) is 0.385. The van der Waals surface area contributed by atoms with Crippen LogP contribution in [0.4, 0.5) is 5.69 Å². The van der Waals surface area contributed by atoms with E-state index in [-0.39, 0.29) is 5.69 Å². The lowest BCUT2D eigenvalue weighted by Crippen LogP contribution is -2.13. The Balaban J connectivity index is 2.17. The first-order chi connectivity index (χ1) is 9.61. The van der Waals surface area contributed by atoms with Crippen LogP contribution in [0.3, 0.4) is 0 Å². The molecule has 0 fully saturated rings. The molecule has 0 amide bonds. The lowest BCUT2D eigenvalue weighted by molar-refractivity contribution is -0.384. The van der Waals surface area contributed by atoms with Crippen molar-refractivity contribution in [3.63, 3.8) is 0 Å². The minimum Gasteiger partial charge on any atom is -0.310 e. The Morgan fingerprint density at radius 1 is 1.40 bits per heavy atom. The topological polar surface area (TPSA) is 81.0 Å². The molecule has 0 aliphatic carbocycles. The van der Waals surface area contributed by atoms with Crippen molar-refractivity contribution >= 4 is 17.0 Å². The molecule has 6 nitrogen and oxygen atoms in total.